The van der Waals surface area contributed by atoms with Gasteiger partial charge in [0.25, 0.3) is 11.6 Å². The average Bonchev–Trinajstić information content (AvgIpc) is 2.80. The number of amides is 1. The third-order valence-electron chi connectivity index (χ3n) is 2.62. The molecule has 0 bridgehead atoms. The Bertz CT molecular complexity index is 632. The molecular weight excluding hydrogens is 250 g/mol. The van der Waals surface area contributed by atoms with Gasteiger partial charge in [-0.15, -0.1) is 0 Å². The number of nitro benzene ring substituents is 1. The molecule has 1 aromatic heterocycles. The minimum Gasteiger partial charge on any atom is -0.382 e. The van der Waals surface area contributed by atoms with Gasteiger partial charge in [-0.25, -0.2) is 0 Å². The molecule has 2 aromatic rings. The van der Waals surface area contributed by atoms with Crippen molar-refractivity contribution < 1.29 is 9.72 Å². The lowest BCUT2D eigenvalue weighted by atomic mass is 10.1. The van der Waals surface area contributed by atoms with Gasteiger partial charge in [-0.1, -0.05) is 0 Å². The Morgan fingerprint density at radius 2 is 2.05 bits per heavy atom. The number of carbonyl (C=O) groups is 1. The molecule has 0 atom stereocenters. The number of benzene rings is 1. The summed E-state index contributed by atoms with van der Waals surface area (Å²) in [4.78, 5) is 21.8. The molecule has 0 radical (unpaired) electrons. The Balaban J connectivity index is 2.47. The van der Waals surface area contributed by atoms with Crippen molar-refractivity contribution in [3.8, 4) is 11.3 Å². The predicted octanol–water partition coefficient (Wildman–Crippen LogP) is 0.927. The van der Waals surface area contributed by atoms with Gasteiger partial charge < -0.3 is 11.1 Å². The Hall–Kier alpha value is -2.90. The van der Waals surface area contributed by atoms with Crippen LogP contribution in [0.15, 0.2) is 24.3 Å². The van der Waals surface area contributed by atoms with E-state index < -0.39 is 4.92 Å². The first-order valence-electron chi connectivity index (χ1n) is 5.35. The first-order chi connectivity index (χ1) is 9.04. The summed E-state index contributed by atoms with van der Waals surface area (Å²) in [5.41, 5.74) is 6.82. The van der Waals surface area contributed by atoms with Crippen LogP contribution in [0.2, 0.25) is 0 Å². The molecule has 0 fully saturated rings. The number of anilines is 1. The number of non-ortho nitro benzene ring substituents is 1. The summed E-state index contributed by atoms with van der Waals surface area (Å²) in [6, 6.07) is 5.75. The summed E-state index contributed by atoms with van der Waals surface area (Å²) in [6.07, 6.45) is 0. The number of aromatic amines is 1. The topological polar surface area (TPSA) is 127 Å². The van der Waals surface area contributed by atoms with Crippen LogP contribution in [0.4, 0.5) is 11.5 Å². The van der Waals surface area contributed by atoms with Gasteiger partial charge >= 0.3 is 0 Å². The normalized spacial score (nSPS) is 10.2. The standard InChI is InChI=1S/C11H11N5O3/c1-13-11(17)8-9(14-15-10(8)12)6-2-4-7(5-3-6)16(18)19/h2-5H,1H3,(H,13,17)(H3,12,14,15). The second-order valence-corrected chi connectivity index (χ2v) is 3.74. The van der Waals surface area contributed by atoms with Gasteiger partial charge in [-0.3, -0.25) is 20.0 Å². The molecule has 0 unspecified atom stereocenters. The van der Waals surface area contributed by atoms with E-state index in [1.807, 2.05) is 0 Å². The monoisotopic (exact) mass is 261 g/mol. The molecule has 0 aliphatic rings. The molecule has 1 heterocycles. The maximum absolute atomic E-state index is 11.7. The molecule has 0 aliphatic carbocycles. The van der Waals surface area contributed by atoms with Crippen LogP contribution < -0.4 is 11.1 Å². The molecule has 2 rings (SSSR count). The molecule has 98 valence electrons. The Kier molecular flexibility index (Phi) is 3.15. The molecule has 19 heavy (non-hydrogen) atoms. The van der Waals surface area contributed by atoms with E-state index in [0.717, 1.165) is 0 Å². The highest BCUT2D eigenvalue weighted by Gasteiger charge is 2.19. The van der Waals surface area contributed by atoms with Crippen LogP contribution in [0.5, 0.6) is 0 Å². The maximum Gasteiger partial charge on any atom is 0.269 e. The second kappa shape index (κ2) is 4.77. The quantitative estimate of drug-likeness (QED) is 0.559. The van der Waals surface area contributed by atoms with Crippen LogP contribution in [-0.2, 0) is 0 Å². The van der Waals surface area contributed by atoms with Crippen LogP contribution in [0.1, 0.15) is 10.4 Å². The molecule has 1 amide bonds. The number of carbonyl (C=O) groups excluding carboxylic acids is 1. The van der Waals surface area contributed by atoms with E-state index in [1.165, 1.54) is 31.3 Å². The lowest BCUT2D eigenvalue weighted by Crippen LogP contribution is -2.19. The van der Waals surface area contributed by atoms with Crippen molar-refractivity contribution in [1.29, 1.82) is 0 Å². The van der Waals surface area contributed by atoms with Crippen LogP contribution in [0.3, 0.4) is 0 Å². The Labute approximate surface area is 107 Å². The van der Waals surface area contributed by atoms with Gasteiger partial charge in [0.1, 0.15) is 5.56 Å². The van der Waals surface area contributed by atoms with Crippen molar-refractivity contribution in [3.63, 3.8) is 0 Å². The van der Waals surface area contributed by atoms with Gasteiger partial charge in [0.05, 0.1) is 10.6 Å². The summed E-state index contributed by atoms with van der Waals surface area (Å²) in [5, 5.41) is 19.5. The number of nitrogen functional groups attached to an aromatic ring is 1. The molecule has 0 spiro atoms. The number of H-pyrrole nitrogens is 1. The van der Waals surface area contributed by atoms with Crippen LogP contribution in [-0.4, -0.2) is 28.1 Å². The minimum absolute atomic E-state index is 0.0299. The summed E-state index contributed by atoms with van der Waals surface area (Å²) < 4.78 is 0. The number of nitro groups is 1. The third kappa shape index (κ3) is 2.23. The molecule has 4 N–H and O–H groups in total. The fourth-order valence-electron chi connectivity index (χ4n) is 1.67. The van der Waals surface area contributed by atoms with Crippen LogP contribution >= 0.6 is 0 Å². The number of rotatable bonds is 3. The zero-order valence-electron chi connectivity index (χ0n) is 10.0. The van der Waals surface area contributed by atoms with E-state index in [2.05, 4.69) is 15.5 Å². The highest BCUT2D eigenvalue weighted by molar-refractivity contribution is 6.03. The van der Waals surface area contributed by atoms with Crippen molar-refractivity contribution >= 4 is 17.4 Å². The summed E-state index contributed by atoms with van der Waals surface area (Å²) in [7, 11) is 1.48. The summed E-state index contributed by atoms with van der Waals surface area (Å²) in [5.74, 6) is -0.299. The number of nitrogens with one attached hydrogen (secondary N) is 2. The van der Waals surface area contributed by atoms with Crippen LogP contribution in [0.25, 0.3) is 11.3 Å². The van der Waals surface area contributed by atoms with Crippen molar-refractivity contribution in [2.45, 2.75) is 0 Å². The first-order valence-corrected chi connectivity index (χ1v) is 5.35. The lowest BCUT2D eigenvalue weighted by molar-refractivity contribution is -0.384. The molecule has 0 aliphatic heterocycles. The fraction of sp³-hybridized carbons (Fsp3) is 0.0909. The van der Waals surface area contributed by atoms with Crippen molar-refractivity contribution in [2.75, 3.05) is 12.8 Å². The average molecular weight is 261 g/mol. The van der Waals surface area contributed by atoms with Gasteiger partial charge in [-0.05, 0) is 12.1 Å². The zero-order chi connectivity index (χ0) is 14.0. The zero-order valence-corrected chi connectivity index (χ0v) is 10.0. The van der Waals surface area contributed by atoms with Crippen molar-refractivity contribution in [2.24, 2.45) is 0 Å². The summed E-state index contributed by atoms with van der Waals surface area (Å²) in [6.45, 7) is 0. The second-order valence-electron chi connectivity index (χ2n) is 3.74. The van der Waals surface area contributed by atoms with Gasteiger partial charge in [0, 0.05) is 24.7 Å². The van der Waals surface area contributed by atoms with Crippen molar-refractivity contribution in [3.05, 3.63) is 39.9 Å². The van der Waals surface area contributed by atoms with E-state index in [9.17, 15) is 14.9 Å². The van der Waals surface area contributed by atoms with E-state index in [0.29, 0.717) is 11.3 Å². The number of nitrogens with two attached hydrogens (primary N) is 1. The summed E-state index contributed by atoms with van der Waals surface area (Å²) >= 11 is 0. The number of hydrogen-bond donors (Lipinski definition) is 3. The molecular formula is C11H11N5O3. The molecule has 0 saturated heterocycles. The number of hydrogen-bond acceptors (Lipinski definition) is 5. The maximum atomic E-state index is 11.7. The number of aromatic nitrogens is 2. The first kappa shape index (κ1) is 12.6. The van der Waals surface area contributed by atoms with E-state index in [-0.39, 0.29) is 23.0 Å². The molecule has 1 aromatic carbocycles. The fourth-order valence-corrected chi connectivity index (χ4v) is 1.67. The predicted molar refractivity (Wildman–Crippen MR) is 68.5 cm³/mol. The largest absolute Gasteiger partial charge is 0.382 e. The van der Waals surface area contributed by atoms with Gasteiger partial charge in [0.2, 0.25) is 0 Å². The van der Waals surface area contributed by atoms with E-state index in [4.69, 9.17) is 5.73 Å². The van der Waals surface area contributed by atoms with Crippen LogP contribution in [0, 0.1) is 10.1 Å². The molecule has 8 nitrogen and oxygen atoms in total. The molecule has 8 heteroatoms. The number of nitrogens with zero attached hydrogens (tertiary/aromatic N) is 2. The molecule has 0 saturated carbocycles. The highest BCUT2D eigenvalue weighted by atomic mass is 16.6. The van der Waals surface area contributed by atoms with Gasteiger partial charge in [0.15, 0.2) is 5.82 Å². The SMILES string of the molecule is CNC(=O)c1c(N)n[nH]c1-c1ccc([N+](=O)[O-])cc1. The van der Waals surface area contributed by atoms with E-state index in [1.54, 1.807) is 0 Å². The highest BCUT2D eigenvalue weighted by Crippen LogP contribution is 2.26. The smallest absolute Gasteiger partial charge is 0.269 e. The third-order valence-corrected chi connectivity index (χ3v) is 2.62. The minimum atomic E-state index is -0.495. The lowest BCUT2D eigenvalue weighted by Gasteiger charge is -2.02. The van der Waals surface area contributed by atoms with Gasteiger partial charge in [-0.2, -0.15) is 5.10 Å². The van der Waals surface area contributed by atoms with E-state index >= 15 is 0 Å². The Morgan fingerprint density at radius 1 is 1.42 bits per heavy atom. The van der Waals surface area contributed by atoms with Crippen molar-refractivity contribution in [1.82, 2.24) is 15.5 Å². The Morgan fingerprint density at radius 3 is 2.58 bits per heavy atom.